The second-order valence-electron chi connectivity index (χ2n) is 25.9. The standard InChI is InChI=1S/2C17H21NO.C16H19NO.C15H17NO.C14H15NO.C12H15NO/c1-4-18(16-6-5-7-17(19)12-16)15-10-8-14(9-11-15)13(2)3;1-3-6-14-9-11-15(12-10-14)18(4-2)16-7-5-8-17(19)13-16;1-3-13-8-10-14(11-9-13)17(4-2)15-6-5-7-16(18)12-15;1-3-16(13-9-7-12(2)8-10-13)14-5-4-6-15(17)11-14;1-2-15(12-7-4-3-5-8-12)13-9-6-10-14(16)11-13;14-11-6-5-9-3-1-7-13-8-2-4-10(11)12(9)13/h5-13,19H,4H2,1-3H3;5,7-13,19H,3-4,6H2,1-2H3;5-12,18H,3-4H2,1-2H3;4-11,17H,3H2,1-2H3;3-11,16H,2H2,1H3;5-6,14H,1-4,7-8H2. The molecule has 0 amide bonds. The number of para-hydroxylation sites is 1. The Balaban J connectivity index is 0.000000157. The van der Waals surface area contributed by atoms with Crippen molar-refractivity contribution < 1.29 is 30.6 Å². The van der Waals surface area contributed by atoms with Crippen LogP contribution in [0.4, 0.5) is 62.6 Å². The molecule has 0 fully saturated rings. The van der Waals surface area contributed by atoms with Crippen molar-refractivity contribution in [3.05, 3.63) is 294 Å². The van der Waals surface area contributed by atoms with Crippen LogP contribution < -0.4 is 29.4 Å². The molecule has 12 heteroatoms. The predicted octanol–water partition coefficient (Wildman–Crippen LogP) is 22.8. The van der Waals surface area contributed by atoms with Crippen molar-refractivity contribution in [3.8, 4) is 34.5 Å². The van der Waals surface area contributed by atoms with E-state index in [0.29, 0.717) is 40.4 Å². The summed E-state index contributed by atoms with van der Waals surface area (Å²) >= 11 is 0. The second kappa shape index (κ2) is 39.9. The smallest absolute Gasteiger partial charge is 0.120 e. The fraction of sp³-hybridized carbons (Fsp3) is 0.275. The molecule has 0 aromatic heterocycles. The van der Waals surface area contributed by atoms with Crippen molar-refractivity contribution in [1.82, 2.24) is 0 Å². The van der Waals surface area contributed by atoms with Gasteiger partial charge in [0.2, 0.25) is 0 Å². The van der Waals surface area contributed by atoms with Crippen LogP contribution in [0.15, 0.2) is 261 Å². The SMILES string of the molecule is CCCc1ccc(N(CC)c2cccc(O)c2)cc1.CCN(c1ccc(C(C)C)cc1)c1cccc(O)c1.CCN(c1ccc(C)cc1)c1cccc(O)c1.CCN(c1ccccc1)c1cccc(O)c1.CCc1ccc(N(CC)c2cccc(O)c2)cc1.Oc1ccc2c3c1CCCN3CCC2. The minimum atomic E-state index is 0.298. The minimum Gasteiger partial charge on any atom is -0.508 e. The van der Waals surface area contributed by atoms with Crippen molar-refractivity contribution in [2.75, 3.05) is 75.2 Å². The van der Waals surface area contributed by atoms with Gasteiger partial charge in [-0.1, -0.05) is 143 Å². The fourth-order valence-corrected chi connectivity index (χ4v) is 13.0. The number of rotatable bonds is 19. The number of aryl methyl sites for hydroxylation is 4. The normalized spacial score (nSPS) is 11.6. The third kappa shape index (κ3) is 22.5. The van der Waals surface area contributed by atoms with Gasteiger partial charge in [-0.2, -0.15) is 0 Å². The average Bonchev–Trinajstić information content (AvgIpc) is 0.787. The summed E-state index contributed by atoms with van der Waals surface area (Å²) in [5.41, 5.74) is 20.1. The van der Waals surface area contributed by atoms with Crippen LogP contribution in [0.25, 0.3) is 0 Å². The topological polar surface area (TPSA) is 141 Å². The average molecular weight is 1380 g/mol. The lowest BCUT2D eigenvalue weighted by atomic mass is 9.91. The molecule has 2 aliphatic rings. The molecule has 2 heterocycles. The summed E-state index contributed by atoms with van der Waals surface area (Å²) in [5.74, 6) is 2.55. The highest BCUT2D eigenvalue weighted by molar-refractivity contribution is 5.70. The van der Waals surface area contributed by atoms with E-state index in [2.05, 4.69) is 214 Å². The number of nitrogens with zero attached hydrogens (tertiary/aromatic N) is 6. The second-order valence-corrected chi connectivity index (χ2v) is 25.9. The van der Waals surface area contributed by atoms with Crippen molar-refractivity contribution in [3.63, 3.8) is 0 Å². The first-order valence-electron chi connectivity index (χ1n) is 36.8. The number of aromatic hydroxyl groups is 6. The van der Waals surface area contributed by atoms with Gasteiger partial charge in [0, 0.05) is 144 Å². The Labute approximate surface area is 613 Å². The zero-order chi connectivity index (χ0) is 73.6. The number of benzene rings is 11. The van der Waals surface area contributed by atoms with Crippen molar-refractivity contribution >= 4 is 62.6 Å². The van der Waals surface area contributed by atoms with Gasteiger partial charge in [-0.05, 0) is 236 Å². The quantitative estimate of drug-likeness (QED) is 0.0459. The summed E-state index contributed by atoms with van der Waals surface area (Å²) in [6.07, 6.45) is 8.02. The molecule has 6 N–H and O–H groups in total. The first-order chi connectivity index (χ1) is 50.0. The van der Waals surface area contributed by atoms with Gasteiger partial charge in [0.05, 0.1) is 0 Å². The highest BCUT2D eigenvalue weighted by Crippen LogP contribution is 2.40. The molecule has 2 aliphatic heterocycles. The van der Waals surface area contributed by atoms with E-state index in [1.54, 1.807) is 60.7 Å². The van der Waals surface area contributed by atoms with Crippen LogP contribution in [0.1, 0.15) is 121 Å². The van der Waals surface area contributed by atoms with E-state index in [0.717, 1.165) is 109 Å². The molecule has 0 spiro atoms. The van der Waals surface area contributed by atoms with Gasteiger partial charge in [0.1, 0.15) is 34.5 Å². The lowest BCUT2D eigenvalue weighted by Gasteiger charge is -2.36. The van der Waals surface area contributed by atoms with Crippen LogP contribution in [0.2, 0.25) is 0 Å². The maximum Gasteiger partial charge on any atom is 0.120 e. The molecule has 0 radical (unpaired) electrons. The predicted molar refractivity (Wildman–Crippen MR) is 435 cm³/mol. The van der Waals surface area contributed by atoms with Gasteiger partial charge in [0.15, 0.2) is 0 Å². The van der Waals surface area contributed by atoms with Crippen molar-refractivity contribution in [2.24, 2.45) is 0 Å². The Morgan fingerprint density at radius 1 is 0.340 bits per heavy atom. The molecular weight excluding hydrogens is 1270 g/mol. The number of anilines is 11. The summed E-state index contributed by atoms with van der Waals surface area (Å²) in [7, 11) is 0. The molecule has 13 rings (SSSR count). The summed E-state index contributed by atoms with van der Waals surface area (Å²) in [5, 5.41) is 57.5. The van der Waals surface area contributed by atoms with Crippen molar-refractivity contribution in [1.29, 1.82) is 0 Å². The highest BCUT2D eigenvalue weighted by atomic mass is 16.3. The van der Waals surface area contributed by atoms with E-state index >= 15 is 0 Å². The molecule has 0 saturated heterocycles. The Hall–Kier alpha value is -11.0. The molecular formula is C91H108N6O6. The van der Waals surface area contributed by atoms with Crippen LogP contribution in [0.5, 0.6) is 34.5 Å². The zero-order valence-electron chi connectivity index (χ0n) is 62.2. The third-order valence-corrected chi connectivity index (χ3v) is 18.4. The molecule has 11 aromatic rings. The van der Waals surface area contributed by atoms with Gasteiger partial charge >= 0.3 is 0 Å². The Kier molecular flexibility index (Phi) is 30.1. The van der Waals surface area contributed by atoms with Crippen LogP contribution in [-0.2, 0) is 25.7 Å². The molecule has 538 valence electrons. The lowest BCUT2D eigenvalue weighted by Crippen LogP contribution is -2.34. The summed E-state index contributed by atoms with van der Waals surface area (Å²) in [6.45, 7) is 28.0. The molecule has 0 bridgehead atoms. The largest absolute Gasteiger partial charge is 0.508 e. The van der Waals surface area contributed by atoms with E-state index in [4.69, 9.17) is 0 Å². The Morgan fingerprint density at radius 2 is 0.670 bits per heavy atom. The fourth-order valence-electron chi connectivity index (χ4n) is 13.0. The molecule has 0 atom stereocenters. The summed E-state index contributed by atoms with van der Waals surface area (Å²) < 4.78 is 0. The van der Waals surface area contributed by atoms with Gasteiger partial charge in [0.25, 0.3) is 0 Å². The molecule has 0 aliphatic carbocycles. The van der Waals surface area contributed by atoms with Gasteiger partial charge in [-0.3, -0.25) is 0 Å². The first kappa shape index (κ1) is 77.8. The van der Waals surface area contributed by atoms with E-state index in [9.17, 15) is 30.6 Å². The number of hydrogen-bond acceptors (Lipinski definition) is 12. The summed E-state index contributed by atoms with van der Waals surface area (Å²) in [4.78, 5) is 13.3. The molecule has 103 heavy (non-hydrogen) atoms. The maximum atomic E-state index is 9.79. The van der Waals surface area contributed by atoms with Crippen LogP contribution in [-0.4, -0.2) is 76.5 Å². The number of hydrogen-bond donors (Lipinski definition) is 6. The first-order valence-corrected chi connectivity index (χ1v) is 36.8. The Bertz CT molecular complexity index is 4300. The monoisotopic (exact) mass is 1380 g/mol. The van der Waals surface area contributed by atoms with E-state index in [1.807, 2.05) is 84.9 Å². The van der Waals surface area contributed by atoms with E-state index in [1.165, 1.54) is 77.8 Å². The third-order valence-electron chi connectivity index (χ3n) is 18.4. The highest BCUT2D eigenvalue weighted by Gasteiger charge is 2.25. The molecule has 12 nitrogen and oxygen atoms in total. The van der Waals surface area contributed by atoms with E-state index < -0.39 is 0 Å². The van der Waals surface area contributed by atoms with Gasteiger partial charge < -0.3 is 60.0 Å². The van der Waals surface area contributed by atoms with Crippen LogP contribution in [0.3, 0.4) is 0 Å². The van der Waals surface area contributed by atoms with Crippen LogP contribution >= 0.6 is 0 Å². The minimum absolute atomic E-state index is 0.298. The molecule has 0 unspecified atom stereocenters. The van der Waals surface area contributed by atoms with Crippen molar-refractivity contribution in [2.45, 2.75) is 120 Å². The van der Waals surface area contributed by atoms with Crippen LogP contribution in [0, 0.1) is 6.92 Å². The molecule has 0 saturated carbocycles. The Morgan fingerprint density at radius 3 is 1.01 bits per heavy atom. The van der Waals surface area contributed by atoms with E-state index in [-0.39, 0.29) is 0 Å². The van der Waals surface area contributed by atoms with Gasteiger partial charge in [-0.15, -0.1) is 0 Å². The number of phenols is 6. The zero-order valence-corrected chi connectivity index (χ0v) is 62.2. The van der Waals surface area contributed by atoms with Gasteiger partial charge in [-0.25, -0.2) is 0 Å². The summed E-state index contributed by atoms with van der Waals surface area (Å²) in [6, 6.07) is 85.1. The maximum absolute atomic E-state index is 9.79. The lowest BCUT2D eigenvalue weighted by molar-refractivity contribution is 0.462. The molecule has 11 aromatic carbocycles. The number of phenolic OH excluding ortho intramolecular Hbond substituents is 6.